The highest BCUT2D eigenvalue weighted by atomic mass is 16.6. The summed E-state index contributed by atoms with van der Waals surface area (Å²) >= 11 is 0. The van der Waals surface area contributed by atoms with Crippen LogP contribution in [0.3, 0.4) is 0 Å². The number of anilines is 2. The van der Waals surface area contributed by atoms with E-state index in [0.29, 0.717) is 44.1 Å². The minimum atomic E-state index is -0.844. The van der Waals surface area contributed by atoms with Gasteiger partial charge in [-0.1, -0.05) is 36.4 Å². The molecule has 0 unspecified atom stereocenters. The lowest BCUT2D eigenvalue weighted by Gasteiger charge is -2.29. The minimum Gasteiger partial charge on any atom is -0.444 e. The van der Waals surface area contributed by atoms with Crippen molar-refractivity contribution in [1.29, 1.82) is 0 Å². The number of carbonyl (C=O) groups is 4. The summed E-state index contributed by atoms with van der Waals surface area (Å²) in [7, 11) is 0. The molecule has 2 aliphatic rings. The SMILES string of the molecule is Cc1ccc(-c2ccc(C[C@H](NC(=O)[C@H]3CC[C@H](CNC(=O)OC(C)(C)C)CC3)C(=O)Nc3ccc(-c4nn[nH]n4)cc3)cc2)cc1NC(=O)C1CCOCC1. The van der Waals surface area contributed by atoms with Crippen molar-refractivity contribution >= 4 is 35.2 Å². The van der Waals surface area contributed by atoms with Crippen LogP contribution < -0.4 is 21.3 Å². The van der Waals surface area contributed by atoms with Gasteiger partial charge in [0.05, 0.1) is 0 Å². The molecule has 4 amide bonds. The molecule has 0 radical (unpaired) electrons. The summed E-state index contributed by atoms with van der Waals surface area (Å²) in [6.07, 6.45) is 4.13. The molecule has 1 atom stereocenters. The maximum atomic E-state index is 13.9. The number of H-pyrrole nitrogens is 1. The van der Waals surface area contributed by atoms with E-state index >= 15 is 0 Å². The molecule has 56 heavy (non-hydrogen) atoms. The predicted octanol–water partition coefficient (Wildman–Crippen LogP) is 6.20. The van der Waals surface area contributed by atoms with E-state index < -0.39 is 17.7 Å². The van der Waals surface area contributed by atoms with Crippen molar-refractivity contribution in [3.05, 3.63) is 77.9 Å². The van der Waals surface area contributed by atoms with Gasteiger partial charge in [-0.25, -0.2) is 4.79 Å². The summed E-state index contributed by atoms with van der Waals surface area (Å²) < 4.78 is 10.8. The number of amides is 4. The van der Waals surface area contributed by atoms with E-state index in [0.717, 1.165) is 59.2 Å². The maximum Gasteiger partial charge on any atom is 0.407 e. The first-order chi connectivity index (χ1) is 26.9. The molecule has 3 aromatic carbocycles. The molecule has 14 nitrogen and oxygen atoms in total. The van der Waals surface area contributed by atoms with Crippen molar-refractivity contribution in [2.24, 2.45) is 17.8 Å². The van der Waals surface area contributed by atoms with E-state index in [2.05, 4.69) is 41.9 Å². The maximum absolute atomic E-state index is 13.9. The van der Waals surface area contributed by atoms with Gasteiger partial charge < -0.3 is 30.7 Å². The topological polar surface area (TPSA) is 189 Å². The number of aryl methyl sites for hydroxylation is 1. The van der Waals surface area contributed by atoms with E-state index in [-0.39, 0.29) is 41.9 Å². The summed E-state index contributed by atoms with van der Waals surface area (Å²) in [5.41, 5.74) is 5.27. The van der Waals surface area contributed by atoms with Crippen LogP contribution in [0.1, 0.15) is 70.4 Å². The summed E-state index contributed by atoms with van der Waals surface area (Å²) in [5, 5.41) is 26.0. The number of carbonyl (C=O) groups excluding carboxylic acids is 4. The second-order valence-corrected chi connectivity index (χ2v) is 15.8. The van der Waals surface area contributed by atoms with E-state index in [1.54, 1.807) is 24.3 Å². The van der Waals surface area contributed by atoms with Crippen LogP contribution in [0.5, 0.6) is 0 Å². The van der Waals surface area contributed by atoms with Crippen molar-refractivity contribution < 1.29 is 28.7 Å². The number of tetrazole rings is 1. The van der Waals surface area contributed by atoms with Crippen LogP contribution in [0.15, 0.2) is 66.7 Å². The Labute approximate surface area is 327 Å². The molecule has 1 saturated carbocycles. The van der Waals surface area contributed by atoms with Crippen molar-refractivity contribution in [2.75, 3.05) is 30.4 Å². The van der Waals surface area contributed by atoms with Crippen molar-refractivity contribution in [3.8, 4) is 22.5 Å². The average Bonchev–Trinajstić information content (AvgIpc) is 3.73. The Hall–Kier alpha value is -5.63. The van der Waals surface area contributed by atoms with E-state index in [1.165, 1.54) is 0 Å². The highest BCUT2D eigenvalue weighted by Crippen LogP contribution is 2.30. The van der Waals surface area contributed by atoms with Gasteiger partial charge in [0.2, 0.25) is 23.5 Å². The van der Waals surface area contributed by atoms with Crippen LogP contribution in [-0.2, 0) is 30.3 Å². The first kappa shape index (κ1) is 40.0. The molecule has 6 rings (SSSR count). The van der Waals surface area contributed by atoms with E-state index in [4.69, 9.17) is 9.47 Å². The van der Waals surface area contributed by atoms with Crippen molar-refractivity contribution in [3.63, 3.8) is 0 Å². The zero-order valence-corrected chi connectivity index (χ0v) is 32.5. The molecule has 1 aromatic heterocycles. The zero-order chi connectivity index (χ0) is 39.7. The molecule has 5 N–H and O–H groups in total. The number of nitrogens with one attached hydrogen (secondary N) is 5. The number of rotatable bonds is 12. The molecule has 1 saturated heterocycles. The molecular formula is C42H52N8O6. The molecule has 296 valence electrons. The quantitative estimate of drug-likeness (QED) is 0.112. The summed E-state index contributed by atoms with van der Waals surface area (Å²) in [6.45, 7) is 9.14. The van der Waals surface area contributed by atoms with Gasteiger partial charge in [-0.2, -0.15) is 5.21 Å². The fourth-order valence-electron chi connectivity index (χ4n) is 7.09. The Balaban J connectivity index is 1.11. The molecule has 2 fully saturated rings. The standard InChI is InChI=1S/C42H52N8O6/c1-26-5-10-33(24-35(26)45-39(52)32-19-21-55-22-20-32)29-11-6-27(7-12-29)23-36(40(53)44-34-17-15-30(16-18-34)37-47-49-50-48-37)46-38(51)31-13-8-28(9-14-31)25-43-41(54)56-42(2,3)4/h5-7,10-12,15-18,24,28,31-32,36H,8-9,13-14,19-23,25H2,1-4H3,(H,43,54)(H,44,53)(H,45,52)(H,46,51)(H,47,48,49,50)/t28-,31-,36-/m0/s1. The highest BCUT2D eigenvalue weighted by Gasteiger charge is 2.30. The van der Waals surface area contributed by atoms with Crippen LogP contribution >= 0.6 is 0 Å². The number of hydrogen-bond donors (Lipinski definition) is 5. The van der Waals surface area contributed by atoms with Gasteiger partial charge in [0.15, 0.2) is 0 Å². The lowest BCUT2D eigenvalue weighted by Crippen LogP contribution is -2.48. The lowest BCUT2D eigenvalue weighted by molar-refractivity contribution is -0.130. The number of alkyl carbamates (subject to hydrolysis) is 1. The molecule has 4 aromatic rings. The Morgan fingerprint density at radius 3 is 2.14 bits per heavy atom. The third-order valence-electron chi connectivity index (χ3n) is 10.4. The number of nitrogens with zero attached hydrogens (tertiary/aromatic N) is 3. The molecular weight excluding hydrogens is 713 g/mol. The average molecular weight is 765 g/mol. The first-order valence-corrected chi connectivity index (χ1v) is 19.4. The Morgan fingerprint density at radius 2 is 1.48 bits per heavy atom. The summed E-state index contributed by atoms with van der Waals surface area (Å²) in [6, 6.07) is 20.2. The van der Waals surface area contributed by atoms with Gasteiger partial charge in [-0.3, -0.25) is 14.4 Å². The van der Waals surface area contributed by atoms with Gasteiger partial charge in [-0.05, 0) is 130 Å². The second-order valence-electron chi connectivity index (χ2n) is 15.8. The number of benzene rings is 3. The highest BCUT2D eigenvalue weighted by molar-refractivity contribution is 5.98. The number of hydrogen-bond acceptors (Lipinski definition) is 9. The summed E-state index contributed by atoms with van der Waals surface area (Å²) in [5.74, 6) is -0.114. The Bertz CT molecular complexity index is 1950. The lowest BCUT2D eigenvalue weighted by atomic mass is 9.81. The van der Waals surface area contributed by atoms with E-state index in [1.807, 2.05) is 70.2 Å². The van der Waals surface area contributed by atoms with E-state index in [9.17, 15) is 19.2 Å². The van der Waals surface area contributed by atoms with Gasteiger partial charge in [0.25, 0.3) is 0 Å². The number of aromatic nitrogens is 4. The monoisotopic (exact) mass is 764 g/mol. The van der Waals surface area contributed by atoms with Crippen LogP contribution in [0, 0.1) is 24.7 Å². The van der Waals surface area contributed by atoms with Gasteiger partial charge in [-0.15, -0.1) is 10.2 Å². The fraction of sp³-hybridized carbons (Fsp3) is 0.452. The molecule has 14 heteroatoms. The molecule has 1 aliphatic heterocycles. The zero-order valence-electron chi connectivity index (χ0n) is 32.5. The third-order valence-corrected chi connectivity index (χ3v) is 10.4. The molecule has 1 aliphatic carbocycles. The van der Waals surface area contributed by atoms with Crippen LogP contribution in [0.4, 0.5) is 16.2 Å². The van der Waals surface area contributed by atoms with Crippen LogP contribution in [-0.4, -0.2) is 75.8 Å². The van der Waals surface area contributed by atoms with Gasteiger partial charge in [0, 0.05) is 55.0 Å². The summed E-state index contributed by atoms with van der Waals surface area (Å²) in [4.78, 5) is 52.7. The predicted molar refractivity (Wildman–Crippen MR) is 212 cm³/mol. The minimum absolute atomic E-state index is 0.0152. The van der Waals surface area contributed by atoms with Gasteiger partial charge in [0.1, 0.15) is 11.6 Å². The second kappa shape index (κ2) is 18.3. The molecule has 0 bridgehead atoms. The smallest absolute Gasteiger partial charge is 0.407 e. The number of aromatic amines is 1. The first-order valence-electron chi connectivity index (χ1n) is 19.4. The normalized spacial score (nSPS) is 18.0. The van der Waals surface area contributed by atoms with Gasteiger partial charge >= 0.3 is 6.09 Å². The van der Waals surface area contributed by atoms with Crippen molar-refractivity contribution in [2.45, 2.75) is 84.3 Å². The Morgan fingerprint density at radius 1 is 0.821 bits per heavy atom. The largest absolute Gasteiger partial charge is 0.444 e. The third kappa shape index (κ3) is 11.2. The molecule has 0 spiro atoms. The van der Waals surface area contributed by atoms with Crippen LogP contribution in [0.25, 0.3) is 22.5 Å². The molecule has 2 heterocycles. The fourth-order valence-corrected chi connectivity index (χ4v) is 7.09. The van der Waals surface area contributed by atoms with Crippen molar-refractivity contribution in [1.82, 2.24) is 31.3 Å². The Kier molecular flexibility index (Phi) is 13.1. The number of ether oxygens (including phenoxy) is 2. The van der Waals surface area contributed by atoms with Crippen LogP contribution in [0.2, 0.25) is 0 Å².